The Morgan fingerprint density at radius 1 is 0.619 bits per heavy atom. The van der Waals surface area contributed by atoms with Crippen LogP contribution in [-0.2, 0) is 0 Å². The molecule has 0 saturated heterocycles. The van der Waals surface area contributed by atoms with Crippen molar-refractivity contribution in [3.05, 3.63) is 0 Å². The maximum atomic E-state index is 2.50. The van der Waals surface area contributed by atoms with Crippen LogP contribution in [0, 0.1) is 22.7 Å². The molecule has 0 nitrogen and oxygen atoms in total. The maximum Gasteiger partial charge on any atom is -0.000599 e. The maximum absolute atomic E-state index is 2.50. The van der Waals surface area contributed by atoms with Gasteiger partial charge in [0.15, 0.2) is 0 Å². The van der Waals surface area contributed by atoms with Crippen molar-refractivity contribution >= 4 is 17.2 Å². The lowest BCUT2D eigenvalue weighted by Crippen LogP contribution is -2.17. The van der Waals surface area contributed by atoms with Crippen molar-refractivity contribution in [3.8, 4) is 0 Å². The summed E-state index contributed by atoms with van der Waals surface area (Å²) < 4.78 is 0. The van der Waals surface area contributed by atoms with Gasteiger partial charge in [-0.1, -0.05) is 69.2 Å². The third-order valence-corrected chi connectivity index (χ3v) is 8.34. The van der Waals surface area contributed by atoms with Gasteiger partial charge >= 0.3 is 0 Å². The summed E-state index contributed by atoms with van der Waals surface area (Å²) in [5.74, 6) is 1.75. The highest BCUT2D eigenvalue weighted by Gasteiger charge is 2.23. The van der Waals surface area contributed by atoms with Crippen LogP contribution in [0.3, 0.4) is 0 Å². The van der Waals surface area contributed by atoms with Gasteiger partial charge in [0.1, 0.15) is 0 Å². The molecule has 0 spiro atoms. The van der Waals surface area contributed by atoms with Crippen LogP contribution in [0.15, 0.2) is 0 Å². The fourth-order valence-electron chi connectivity index (χ4n) is 3.16. The molecule has 0 aromatic rings. The van der Waals surface area contributed by atoms with E-state index in [1.54, 1.807) is 0 Å². The highest BCUT2D eigenvalue weighted by molar-refractivity contribution is 7.59. The van der Waals surface area contributed by atoms with Crippen LogP contribution in [0.4, 0.5) is 0 Å². The zero-order valence-corrected chi connectivity index (χ0v) is 18.5. The Labute approximate surface area is 139 Å². The minimum Gasteiger partial charge on any atom is -0.112 e. The van der Waals surface area contributed by atoms with Crippen molar-refractivity contribution < 1.29 is 0 Å². The Morgan fingerprint density at radius 2 is 0.905 bits per heavy atom. The Hall–Kier alpha value is 0.860. The van der Waals surface area contributed by atoms with Gasteiger partial charge in [-0.3, -0.25) is 0 Å². The van der Waals surface area contributed by atoms with E-state index in [1.165, 1.54) is 25.2 Å². The predicted molar refractivity (Wildman–Crippen MR) is 107 cm³/mol. The van der Waals surface area contributed by atoms with E-state index < -0.39 is 0 Å². The summed E-state index contributed by atoms with van der Waals surface area (Å²) in [6.07, 6.45) is 5.56. The monoisotopic (exact) mass is 332 g/mol. The molecule has 0 aliphatic carbocycles. The summed E-state index contributed by atoms with van der Waals surface area (Å²) in [5.41, 5.74) is 0.967. The van der Waals surface area contributed by atoms with Gasteiger partial charge in [-0.05, 0) is 52.7 Å². The van der Waals surface area contributed by atoms with Gasteiger partial charge < -0.3 is 0 Å². The molecule has 0 aromatic heterocycles. The van der Waals surface area contributed by atoms with Crippen LogP contribution < -0.4 is 0 Å². The Kier molecular flexibility index (Phi) is 8.99. The first-order chi connectivity index (χ1) is 9.20. The van der Waals surface area contributed by atoms with Crippen LogP contribution in [0.25, 0.3) is 0 Å². The van der Waals surface area contributed by atoms with Crippen LogP contribution in [0.5, 0.6) is 0 Å². The largest absolute Gasteiger partial charge is 0.112 e. The molecule has 0 heterocycles. The van der Waals surface area contributed by atoms with E-state index in [4.69, 9.17) is 0 Å². The van der Waals surface area contributed by atoms with Crippen LogP contribution >= 0.6 is 17.2 Å². The Bertz CT molecular complexity index is 253. The highest BCUT2D eigenvalue weighted by atomic mass is 31.1. The molecule has 0 N–H and O–H groups in total. The smallest absolute Gasteiger partial charge is 0.000599 e. The van der Waals surface area contributed by atoms with Gasteiger partial charge in [0.2, 0.25) is 0 Å². The van der Waals surface area contributed by atoms with Crippen LogP contribution in [0.2, 0.25) is 0 Å². The summed E-state index contributed by atoms with van der Waals surface area (Å²) >= 11 is 0. The molecule has 0 aliphatic heterocycles. The molecule has 0 rings (SSSR count). The van der Waals surface area contributed by atoms with Crippen molar-refractivity contribution in [1.82, 2.24) is 0 Å². The van der Waals surface area contributed by atoms with Gasteiger partial charge in [-0.15, -0.1) is 17.2 Å². The average molecular weight is 332 g/mol. The molecule has 0 amide bonds. The van der Waals surface area contributed by atoms with Crippen molar-refractivity contribution in [2.45, 2.75) is 87.0 Å². The third kappa shape index (κ3) is 14.2. The predicted octanol–water partition coefficient (Wildman–Crippen LogP) is 7.22. The lowest BCUT2D eigenvalue weighted by molar-refractivity contribution is 0.322. The number of rotatable bonds is 8. The summed E-state index contributed by atoms with van der Waals surface area (Å²) in [7, 11) is 2.25. The van der Waals surface area contributed by atoms with Crippen molar-refractivity contribution in [1.29, 1.82) is 0 Å². The summed E-state index contributed by atoms with van der Waals surface area (Å²) in [4.78, 5) is 0.568. The summed E-state index contributed by atoms with van der Waals surface area (Å²) in [6.45, 7) is 24.1. The molecular formula is C19H42P2. The number of hydrogen-bond acceptors (Lipinski definition) is 0. The second-order valence-electron chi connectivity index (χ2n) is 10.1. The molecule has 0 radical (unpaired) electrons. The van der Waals surface area contributed by atoms with Crippen molar-refractivity contribution in [3.63, 3.8) is 0 Å². The first-order valence-electron chi connectivity index (χ1n) is 8.70. The SMILES string of the molecule is CC(CPC(C)(C)PCC(C)CC(C)(C)C)CC(C)(C)C. The van der Waals surface area contributed by atoms with E-state index in [1.807, 2.05) is 0 Å². The quantitative estimate of drug-likeness (QED) is 0.411. The van der Waals surface area contributed by atoms with E-state index >= 15 is 0 Å². The molecule has 21 heavy (non-hydrogen) atoms. The zero-order chi connectivity index (χ0) is 16.9. The molecule has 0 aliphatic rings. The lowest BCUT2D eigenvalue weighted by Gasteiger charge is -2.31. The standard InChI is InChI=1S/C19H42P2/c1-15(11-17(3,4)5)13-20-19(9,10)21-14-16(2)12-18(6,7)8/h15-16,20-21H,11-14H2,1-10H3. The van der Waals surface area contributed by atoms with E-state index in [0.717, 1.165) is 29.0 Å². The van der Waals surface area contributed by atoms with E-state index in [2.05, 4.69) is 69.2 Å². The van der Waals surface area contributed by atoms with E-state index in [-0.39, 0.29) is 0 Å². The third-order valence-electron chi connectivity index (χ3n) is 3.71. The van der Waals surface area contributed by atoms with Crippen LogP contribution in [-0.4, -0.2) is 17.2 Å². The first kappa shape index (κ1) is 21.9. The van der Waals surface area contributed by atoms with Gasteiger partial charge in [0.25, 0.3) is 0 Å². The lowest BCUT2D eigenvalue weighted by atomic mass is 9.86. The molecular weight excluding hydrogens is 290 g/mol. The fourth-order valence-corrected chi connectivity index (χ4v) is 6.27. The second kappa shape index (κ2) is 8.64. The van der Waals surface area contributed by atoms with E-state index in [9.17, 15) is 0 Å². The average Bonchev–Trinajstić information content (AvgIpc) is 2.19. The van der Waals surface area contributed by atoms with E-state index in [0.29, 0.717) is 15.7 Å². The minimum atomic E-state index is 0.484. The van der Waals surface area contributed by atoms with Crippen molar-refractivity contribution in [2.24, 2.45) is 22.7 Å². The number of hydrogen-bond donors (Lipinski definition) is 0. The molecule has 0 fully saturated rings. The molecule has 2 heteroatoms. The van der Waals surface area contributed by atoms with Gasteiger partial charge in [-0.2, -0.15) is 0 Å². The topological polar surface area (TPSA) is 0 Å². The Morgan fingerprint density at radius 3 is 1.14 bits per heavy atom. The van der Waals surface area contributed by atoms with Crippen LogP contribution in [0.1, 0.15) is 82.1 Å². The fraction of sp³-hybridized carbons (Fsp3) is 1.00. The molecule has 0 bridgehead atoms. The van der Waals surface area contributed by atoms with Gasteiger partial charge in [0, 0.05) is 0 Å². The normalized spacial score (nSPS) is 18.0. The molecule has 0 aromatic carbocycles. The first-order valence-corrected chi connectivity index (χ1v) is 11.1. The summed E-state index contributed by atoms with van der Waals surface area (Å²) in [5, 5.41) is 0. The molecule has 4 unspecified atom stereocenters. The zero-order valence-electron chi connectivity index (χ0n) is 16.5. The Balaban J connectivity index is 4.09. The second-order valence-corrected chi connectivity index (χ2v) is 14.7. The highest BCUT2D eigenvalue weighted by Crippen LogP contribution is 2.48. The summed E-state index contributed by atoms with van der Waals surface area (Å²) in [6, 6.07) is 0. The van der Waals surface area contributed by atoms with Gasteiger partial charge in [0.05, 0.1) is 0 Å². The molecule has 128 valence electrons. The minimum absolute atomic E-state index is 0.484. The molecule has 0 saturated carbocycles. The molecule has 4 atom stereocenters. The van der Waals surface area contributed by atoms with Crippen molar-refractivity contribution in [2.75, 3.05) is 12.3 Å². The van der Waals surface area contributed by atoms with Gasteiger partial charge in [-0.25, -0.2) is 0 Å².